The van der Waals surface area contributed by atoms with Crippen molar-refractivity contribution in [2.45, 2.75) is 19.3 Å². The Balaban J connectivity index is 2.42. The number of aliphatic carboxylic acids is 1. The summed E-state index contributed by atoms with van der Waals surface area (Å²) in [6.45, 7) is 0.353. The van der Waals surface area contributed by atoms with Gasteiger partial charge in [0.2, 0.25) is 10.0 Å². The number of methoxy groups -OCH3 is 1. The summed E-state index contributed by atoms with van der Waals surface area (Å²) in [5.41, 5.74) is 0. The molecule has 0 radical (unpaired) electrons. The fourth-order valence-corrected chi connectivity index (χ4v) is 3.10. The maximum atomic E-state index is 11.5. The molecule has 1 fully saturated rings. The zero-order chi connectivity index (χ0) is 12.9. The van der Waals surface area contributed by atoms with Gasteiger partial charge in [-0.15, -0.1) is 0 Å². The van der Waals surface area contributed by atoms with E-state index < -0.39 is 21.9 Å². The lowest BCUT2D eigenvalue weighted by Crippen LogP contribution is -2.35. The Bertz CT molecular complexity index is 354. The van der Waals surface area contributed by atoms with E-state index in [0.717, 1.165) is 12.8 Å². The molecular weight excluding hydrogens is 246 g/mol. The zero-order valence-corrected chi connectivity index (χ0v) is 10.7. The van der Waals surface area contributed by atoms with E-state index in [0.29, 0.717) is 6.42 Å². The molecule has 17 heavy (non-hydrogen) atoms. The lowest BCUT2D eigenvalue weighted by Gasteiger charge is -2.16. The lowest BCUT2D eigenvalue weighted by atomic mass is 9.97. The number of hydrogen-bond donors (Lipinski definition) is 2. The molecule has 100 valence electrons. The molecule has 1 rings (SSSR count). The van der Waals surface area contributed by atoms with Crippen molar-refractivity contribution < 1.29 is 23.1 Å². The number of carboxylic acid groups (broad SMARTS) is 1. The highest BCUT2D eigenvalue weighted by Gasteiger charge is 2.33. The van der Waals surface area contributed by atoms with E-state index in [2.05, 4.69) is 4.72 Å². The van der Waals surface area contributed by atoms with Crippen molar-refractivity contribution in [3.63, 3.8) is 0 Å². The fourth-order valence-electron chi connectivity index (χ4n) is 2.11. The Labute approximate surface area is 101 Å². The topological polar surface area (TPSA) is 92.7 Å². The minimum atomic E-state index is -3.35. The van der Waals surface area contributed by atoms with Crippen LogP contribution in [-0.4, -0.2) is 45.5 Å². The average Bonchev–Trinajstić information content (AvgIpc) is 2.72. The van der Waals surface area contributed by atoms with E-state index >= 15 is 0 Å². The molecule has 0 spiro atoms. The van der Waals surface area contributed by atoms with Gasteiger partial charge in [0.15, 0.2) is 0 Å². The van der Waals surface area contributed by atoms with Gasteiger partial charge in [0, 0.05) is 13.7 Å². The lowest BCUT2D eigenvalue weighted by molar-refractivity contribution is -0.142. The minimum absolute atomic E-state index is 0.0893. The molecule has 6 nitrogen and oxygen atoms in total. The molecule has 0 aliphatic heterocycles. The Morgan fingerprint density at radius 1 is 1.47 bits per heavy atom. The summed E-state index contributed by atoms with van der Waals surface area (Å²) in [5.74, 6) is -1.43. The molecule has 2 unspecified atom stereocenters. The van der Waals surface area contributed by atoms with Gasteiger partial charge in [-0.25, -0.2) is 13.1 Å². The Kier molecular flexibility index (Phi) is 5.35. The van der Waals surface area contributed by atoms with Crippen molar-refractivity contribution in [3.05, 3.63) is 0 Å². The molecular formula is C10H19NO5S. The molecule has 0 aromatic rings. The molecule has 2 atom stereocenters. The molecule has 0 aromatic carbocycles. The summed E-state index contributed by atoms with van der Waals surface area (Å²) in [6, 6.07) is 0. The maximum absolute atomic E-state index is 11.5. The number of hydrogen-bond acceptors (Lipinski definition) is 4. The van der Waals surface area contributed by atoms with Crippen molar-refractivity contribution in [2.75, 3.05) is 26.0 Å². The summed E-state index contributed by atoms with van der Waals surface area (Å²) < 4.78 is 30.1. The molecule has 1 saturated carbocycles. The summed E-state index contributed by atoms with van der Waals surface area (Å²) in [6.07, 6.45) is 2.25. The van der Waals surface area contributed by atoms with Crippen molar-refractivity contribution in [3.8, 4) is 0 Å². The second kappa shape index (κ2) is 6.32. The first-order valence-electron chi connectivity index (χ1n) is 5.65. The maximum Gasteiger partial charge on any atom is 0.306 e. The molecule has 2 N–H and O–H groups in total. The van der Waals surface area contributed by atoms with Crippen molar-refractivity contribution in [2.24, 2.45) is 11.8 Å². The second-order valence-electron chi connectivity index (χ2n) is 4.30. The second-order valence-corrected chi connectivity index (χ2v) is 6.22. The van der Waals surface area contributed by atoms with Crippen LogP contribution in [0.15, 0.2) is 0 Å². The van der Waals surface area contributed by atoms with Crippen LogP contribution in [0.4, 0.5) is 0 Å². The number of rotatable bonds is 7. The SMILES string of the molecule is COCCS(=O)(=O)NCC1CCCC1C(=O)O. The number of nitrogens with one attached hydrogen (secondary N) is 1. The third-order valence-electron chi connectivity index (χ3n) is 3.10. The van der Waals surface area contributed by atoms with Crippen LogP contribution in [0.2, 0.25) is 0 Å². The van der Waals surface area contributed by atoms with Crippen molar-refractivity contribution >= 4 is 16.0 Å². The van der Waals surface area contributed by atoms with Gasteiger partial charge in [0.25, 0.3) is 0 Å². The Morgan fingerprint density at radius 3 is 2.76 bits per heavy atom. The van der Waals surface area contributed by atoms with Gasteiger partial charge in [-0.3, -0.25) is 4.79 Å². The largest absolute Gasteiger partial charge is 0.481 e. The summed E-state index contributed by atoms with van der Waals surface area (Å²) in [7, 11) is -1.91. The molecule has 0 amide bonds. The predicted octanol–water partition coefficient (Wildman–Crippen LogP) is 0.0531. The van der Waals surface area contributed by atoms with Crippen LogP contribution in [0.25, 0.3) is 0 Å². The van der Waals surface area contributed by atoms with E-state index in [1.807, 2.05) is 0 Å². The van der Waals surface area contributed by atoms with Gasteiger partial charge in [-0.1, -0.05) is 6.42 Å². The smallest absolute Gasteiger partial charge is 0.306 e. The van der Waals surface area contributed by atoms with E-state index in [4.69, 9.17) is 9.84 Å². The normalized spacial score (nSPS) is 25.0. The third kappa shape index (κ3) is 4.61. The predicted molar refractivity (Wildman–Crippen MR) is 62.1 cm³/mol. The number of ether oxygens (including phenoxy) is 1. The van der Waals surface area contributed by atoms with Gasteiger partial charge in [0.1, 0.15) is 0 Å². The minimum Gasteiger partial charge on any atom is -0.481 e. The molecule has 1 aliphatic rings. The molecule has 1 aliphatic carbocycles. The fraction of sp³-hybridized carbons (Fsp3) is 0.900. The van der Waals surface area contributed by atoms with Gasteiger partial charge >= 0.3 is 5.97 Å². The molecule has 0 aromatic heterocycles. The van der Waals surface area contributed by atoms with Crippen molar-refractivity contribution in [1.82, 2.24) is 4.72 Å². The highest BCUT2D eigenvalue weighted by Crippen LogP contribution is 2.31. The quantitative estimate of drug-likeness (QED) is 0.678. The number of carboxylic acids is 1. The van der Waals surface area contributed by atoms with Crippen LogP contribution in [0.3, 0.4) is 0 Å². The first-order valence-corrected chi connectivity index (χ1v) is 7.30. The molecule has 0 heterocycles. The average molecular weight is 265 g/mol. The van der Waals surface area contributed by atoms with Gasteiger partial charge < -0.3 is 9.84 Å². The van der Waals surface area contributed by atoms with Crippen molar-refractivity contribution in [1.29, 1.82) is 0 Å². The summed E-state index contributed by atoms with van der Waals surface area (Å²) in [5, 5.41) is 8.96. The third-order valence-corrected chi connectivity index (χ3v) is 4.41. The zero-order valence-electron chi connectivity index (χ0n) is 9.89. The van der Waals surface area contributed by atoms with E-state index in [1.165, 1.54) is 7.11 Å². The first-order chi connectivity index (χ1) is 7.96. The van der Waals surface area contributed by atoms with Crippen LogP contribution in [-0.2, 0) is 19.6 Å². The number of carbonyl (C=O) groups is 1. The van der Waals surface area contributed by atoms with E-state index in [1.54, 1.807) is 0 Å². The Morgan fingerprint density at radius 2 is 2.18 bits per heavy atom. The molecule has 0 bridgehead atoms. The molecule has 7 heteroatoms. The van der Waals surface area contributed by atoms with Crippen LogP contribution < -0.4 is 4.72 Å². The standard InChI is InChI=1S/C10H19NO5S/c1-16-5-6-17(14,15)11-7-8-3-2-4-9(8)10(12)13/h8-9,11H,2-7H2,1H3,(H,12,13). The van der Waals surface area contributed by atoms with Crippen LogP contribution in [0.5, 0.6) is 0 Å². The Hall–Kier alpha value is -0.660. The van der Waals surface area contributed by atoms with Crippen LogP contribution in [0, 0.1) is 11.8 Å². The molecule has 0 saturated heterocycles. The number of sulfonamides is 1. The van der Waals surface area contributed by atoms with Crippen LogP contribution in [0.1, 0.15) is 19.3 Å². The van der Waals surface area contributed by atoms with Gasteiger partial charge in [0.05, 0.1) is 18.3 Å². The summed E-state index contributed by atoms with van der Waals surface area (Å²) >= 11 is 0. The first kappa shape index (κ1) is 14.4. The van der Waals surface area contributed by atoms with E-state index in [9.17, 15) is 13.2 Å². The van der Waals surface area contributed by atoms with E-state index in [-0.39, 0.29) is 24.8 Å². The monoisotopic (exact) mass is 265 g/mol. The van der Waals surface area contributed by atoms with Gasteiger partial charge in [-0.2, -0.15) is 0 Å². The summed E-state index contributed by atoms with van der Waals surface area (Å²) in [4.78, 5) is 10.9. The highest BCUT2D eigenvalue weighted by molar-refractivity contribution is 7.89. The highest BCUT2D eigenvalue weighted by atomic mass is 32.2. The van der Waals surface area contributed by atoms with Gasteiger partial charge in [-0.05, 0) is 18.8 Å². The van der Waals surface area contributed by atoms with Crippen LogP contribution >= 0.6 is 0 Å².